The van der Waals surface area contributed by atoms with Gasteiger partial charge in [0.05, 0.1) is 12.1 Å². The van der Waals surface area contributed by atoms with E-state index in [4.69, 9.17) is 4.52 Å². The van der Waals surface area contributed by atoms with Crippen LogP contribution in [0.15, 0.2) is 47.4 Å². The number of aryl methyl sites for hydroxylation is 1. The van der Waals surface area contributed by atoms with E-state index in [1.165, 1.54) is 0 Å². The zero-order chi connectivity index (χ0) is 17.2. The minimum Gasteiger partial charge on any atom is -0.338 e. The van der Waals surface area contributed by atoms with Crippen molar-refractivity contribution >= 4 is 11.7 Å². The first-order valence-corrected chi connectivity index (χ1v) is 7.91. The van der Waals surface area contributed by atoms with Gasteiger partial charge in [0.25, 0.3) is 0 Å². The fourth-order valence-corrected chi connectivity index (χ4v) is 2.65. The number of carbonyl (C=O) groups is 1. The Balaban J connectivity index is 1.36. The van der Waals surface area contributed by atoms with E-state index in [2.05, 4.69) is 25.4 Å². The summed E-state index contributed by atoms with van der Waals surface area (Å²) in [7, 11) is 0. The molecule has 0 atom stereocenters. The highest BCUT2D eigenvalue weighted by Crippen LogP contribution is 2.27. The Morgan fingerprint density at radius 2 is 2.20 bits per heavy atom. The van der Waals surface area contributed by atoms with Crippen LogP contribution in [0, 0.1) is 6.92 Å². The SMILES string of the molecule is Cc1cccc(NC(=O)N2CC(c3nc(-c4cnccn4)no3)C2)c1. The van der Waals surface area contributed by atoms with E-state index >= 15 is 0 Å². The van der Waals surface area contributed by atoms with Gasteiger partial charge in [0.1, 0.15) is 5.69 Å². The monoisotopic (exact) mass is 336 g/mol. The van der Waals surface area contributed by atoms with Gasteiger partial charge in [0.15, 0.2) is 0 Å². The van der Waals surface area contributed by atoms with Crippen LogP contribution in [-0.4, -0.2) is 44.1 Å². The molecule has 0 spiro atoms. The zero-order valence-corrected chi connectivity index (χ0v) is 13.6. The van der Waals surface area contributed by atoms with Crippen molar-refractivity contribution in [3.05, 3.63) is 54.3 Å². The number of hydrogen-bond donors (Lipinski definition) is 1. The van der Waals surface area contributed by atoms with Gasteiger partial charge in [-0.2, -0.15) is 4.98 Å². The topological polar surface area (TPSA) is 97.0 Å². The first-order valence-electron chi connectivity index (χ1n) is 7.91. The Morgan fingerprint density at radius 3 is 2.96 bits per heavy atom. The van der Waals surface area contributed by atoms with Crippen LogP contribution in [0.4, 0.5) is 10.5 Å². The van der Waals surface area contributed by atoms with Crippen molar-refractivity contribution in [1.82, 2.24) is 25.0 Å². The lowest BCUT2D eigenvalue weighted by molar-refractivity contribution is 0.147. The average molecular weight is 336 g/mol. The molecule has 4 rings (SSSR count). The standard InChI is InChI=1S/C17H16N6O2/c1-11-3-2-4-13(7-11)20-17(24)23-9-12(10-23)16-21-15(22-25-16)14-8-18-5-6-19-14/h2-8,12H,9-10H2,1H3,(H,20,24). The number of nitrogens with one attached hydrogen (secondary N) is 1. The average Bonchev–Trinajstić information content (AvgIpc) is 3.04. The molecule has 1 aliphatic heterocycles. The van der Waals surface area contributed by atoms with Crippen LogP contribution < -0.4 is 5.32 Å². The number of hydrogen-bond acceptors (Lipinski definition) is 6. The van der Waals surface area contributed by atoms with Gasteiger partial charge in [0, 0.05) is 31.2 Å². The number of urea groups is 1. The number of nitrogens with zero attached hydrogens (tertiary/aromatic N) is 5. The second kappa shape index (κ2) is 6.31. The summed E-state index contributed by atoms with van der Waals surface area (Å²) in [5.41, 5.74) is 2.45. The van der Waals surface area contributed by atoms with E-state index in [0.29, 0.717) is 30.5 Å². The maximum absolute atomic E-state index is 12.2. The summed E-state index contributed by atoms with van der Waals surface area (Å²) in [4.78, 5) is 26.4. The third-order valence-corrected chi connectivity index (χ3v) is 4.02. The lowest BCUT2D eigenvalue weighted by atomic mass is 10.0. The number of aromatic nitrogens is 4. The quantitative estimate of drug-likeness (QED) is 0.789. The number of amides is 2. The van der Waals surface area contributed by atoms with Gasteiger partial charge in [-0.05, 0) is 24.6 Å². The molecule has 0 radical (unpaired) electrons. The third-order valence-electron chi connectivity index (χ3n) is 4.02. The molecular formula is C17H16N6O2. The Bertz CT molecular complexity index is 889. The predicted octanol–water partition coefficient (Wildman–Crippen LogP) is 2.47. The molecule has 0 saturated carbocycles. The van der Waals surface area contributed by atoms with Crippen LogP contribution in [0.5, 0.6) is 0 Å². The maximum Gasteiger partial charge on any atom is 0.321 e. The molecule has 2 amide bonds. The highest BCUT2D eigenvalue weighted by Gasteiger charge is 2.35. The minimum atomic E-state index is -0.129. The Morgan fingerprint density at radius 1 is 1.32 bits per heavy atom. The van der Waals surface area contributed by atoms with E-state index < -0.39 is 0 Å². The second-order valence-corrected chi connectivity index (χ2v) is 5.95. The lowest BCUT2D eigenvalue weighted by Crippen LogP contribution is -2.50. The van der Waals surface area contributed by atoms with Gasteiger partial charge in [-0.15, -0.1) is 0 Å². The van der Waals surface area contributed by atoms with Crippen molar-refractivity contribution in [2.75, 3.05) is 18.4 Å². The molecule has 1 saturated heterocycles. The molecule has 0 aliphatic carbocycles. The third kappa shape index (κ3) is 3.18. The molecule has 0 unspecified atom stereocenters. The summed E-state index contributed by atoms with van der Waals surface area (Å²) < 4.78 is 5.30. The first-order chi connectivity index (χ1) is 12.2. The number of anilines is 1. The van der Waals surface area contributed by atoms with Crippen LogP contribution in [0.3, 0.4) is 0 Å². The fourth-order valence-electron chi connectivity index (χ4n) is 2.65. The van der Waals surface area contributed by atoms with Gasteiger partial charge < -0.3 is 14.7 Å². The highest BCUT2D eigenvalue weighted by atomic mass is 16.5. The Labute approximate surface area is 143 Å². The summed E-state index contributed by atoms with van der Waals surface area (Å²) in [6, 6.07) is 7.57. The van der Waals surface area contributed by atoms with Crippen molar-refractivity contribution in [2.24, 2.45) is 0 Å². The van der Waals surface area contributed by atoms with Gasteiger partial charge in [0.2, 0.25) is 11.7 Å². The molecule has 1 N–H and O–H groups in total. The zero-order valence-electron chi connectivity index (χ0n) is 13.6. The van der Waals surface area contributed by atoms with Crippen LogP contribution in [0.2, 0.25) is 0 Å². The number of rotatable bonds is 3. The summed E-state index contributed by atoms with van der Waals surface area (Å²) >= 11 is 0. The molecule has 0 bridgehead atoms. The van der Waals surface area contributed by atoms with E-state index in [1.54, 1.807) is 23.5 Å². The molecule has 3 heterocycles. The fraction of sp³-hybridized carbons (Fsp3) is 0.235. The normalized spacial score (nSPS) is 14.2. The molecule has 8 heteroatoms. The van der Waals surface area contributed by atoms with Gasteiger partial charge in [-0.3, -0.25) is 4.98 Å². The Kier molecular flexibility index (Phi) is 3.85. The molecule has 1 aromatic carbocycles. The molecule has 3 aromatic rings. The number of likely N-dealkylation sites (tertiary alicyclic amines) is 1. The molecule has 1 aliphatic rings. The van der Waals surface area contributed by atoms with Crippen molar-refractivity contribution in [3.63, 3.8) is 0 Å². The number of benzene rings is 1. The summed E-state index contributed by atoms with van der Waals surface area (Å²) in [6.07, 6.45) is 4.74. The van der Waals surface area contributed by atoms with Crippen LogP contribution >= 0.6 is 0 Å². The smallest absolute Gasteiger partial charge is 0.321 e. The highest BCUT2D eigenvalue weighted by molar-refractivity contribution is 5.90. The Hall–Kier alpha value is -3.29. The van der Waals surface area contributed by atoms with Crippen molar-refractivity contribution in [2.45, 2.75) is 12.8 Å². The van der Waals surface area contributed by atoms with E-state index in [9.17, 15) is 4.79 Å². The van der Waals surface area contributed by atoms with Crippen molar-refractivity contribution < 1.29 is 9.32 Å². The van der Waals surface area contributed by atoms with Gasteiger partial charge in [-0.25, -0.2) is 9.78 Å². The van der Waals surface area contributed by atoms with Crippen molar-refractivity contribution in [1.29, 1.82) is 0 Å². The van der Waals surface area contributed by atoms with E-state index in [-0.39, 0.29) is 11.9 Å². The molecule has 25 heavy (non-hydrogen) atoms. The second-order valence-electron chi connectivity index (χ2n) is 5.95. The predicted molar refractivity (Wildman–Crippen MR) is 89.8 cm³/mol. The lowest BCUT2D eigenvalue weighted by Gasteiger charge is -2.36. The van der Waals surface area contributed by atoms with Crippen molar-refractivity contribution in [3.8, 4) is 11.5 Å². The molecular weight excluding hydrogens is 320 g/mol. The van der Waals surface area contributed by atoms with E-state index in [1.807, 2.05) is 31.2 Å². The first kappa shape index (κ1) is 15.3. The number of carbonyl (C=O) groups excluding carboxylic acids is 1. The molecule has 1 fully saturated rings. The molecule has 8 nitrogen and oxygen atoms in total. The summed E-state index contributed by atoms with van der Waals surface area (Å²) in [5, 5.41) is 6.82. The maximum atomic E-state index is 12.2. The molecule has 2 aromatic heterocycles. The largest absolute Gasteiger partial charge is 0.338 e. The van der Waals surface area contributed by atoms with Gasteiger partial charge in [-0.1, -0.05) is 17.3 Å². The van der Waals surface area contributed by atoms with Crippen LogP contribution in [0.25, 0.3) is 11.5 Å². The van der Waals surface area contributed by atoms with Crippen LogP contribution in [0.1, 0.15) is 17.4 Å². The van der Waals surface area contributed by atoms with Crippen LogP contribution in [-0.2, 0) is 0 Å². The molecule has 126 valence electrons. The minimum absolute atomic E-state index is 0.0428. The summed E-state index contributed by atoms with van der Waals surface area (Å²) in [6.45, 7) is 3.07. The van der Waals surface area contributed by atoms with E-state index in [0.717, 1.165) is 11.3 Å². The van der Waals surface area contributed by atoms with Gasteiger partial charge >= 0.3 is 6.03 Å². The summed E-state index contributed by atoms with van der Waals surface area (Å²) in [5.74, 6) is 0.965.